The van der Waals surface area contributed by atoms with Gasteiger partial charge in [-0.2, -0.15) is 0 Å². The maximum absolute atomic E-state index is 11.6. The average Bonchev–Trinajstić information content (AvgIpc) is 2.34. The van der Waals surface area contributed by atoms with Gasteiger partial charge in [-0.3, -0.25) is 4.79 Å². The minimum Gasteiger partial charge on any atom is -0.484 e. The molecule has 0 saturated heterocycles. The zero-order valence-electron chi connectivity index (χ0n) is 12.2. The number of amides is 1. The molecule has 0 bridgehead atoms. The lowest BCUT2D eigenvalue weighted by Gasteiger charge is -2.25. The Morgan fingerprint density at radius 2 is 2.00 bits per heavy atom. The number of carbonyl (C=O) groups excluding carboxylic acids is 1. The molecule has 0 radical (unpaired) electrons. The van der Waals surface area contributed by atoms with Crippen molar-refractivity contribution in [1.29, 1.82) is 0 Å². The van der Waals surface area contributed by atoms with Crippen molar-refractivity contribution in [1.82, 2.24) is 5.32 Å². The van der Waals surface area contributed by atoms with Crippen molar-refractivity contribution in [2.45, 2.75) is 38.7 Å². The van der Waals surface area contributed by atoms with Crippen molar-refractivity contribution in [3.63, 3.8) is 0 Å². The molecule has 1 aromatic rings. The van der Waals surface area contributed by atoms with Crippen molar-refractivity contribution < 1.29 is 14.6 Å². The van der Waals surface area contributed by atoms with E-state index in [0.29, 0.717) is 11.7 Å². The summed E-state index contributed by atoms with van der Waals surface area (Å²) in [6.45, 7) is 4.27. The molecule has 1 aliphatic carbocycles. The molecule has 1 amide bonds. The summed E-state index contributed by atoms with van der Waals surface area (Å²) in [5.74, 6) is 1.21. The van der Waals surface area contributed by atoms with Crippen LogP contribution >= 0.6 is 0 Å². The predicted octanol–water partition coefficient (Wildman–Crippen LogP) is 2.21. The van der Waals surface area contributed by atoms with Gasteiger partial charge in [0.1, 0.15) is 5.75 Å². The summed E-state index contributed by atoms with van der Waals surface area (Å²) in [5, 5.41) is 12.7. The fourth-order valence-electron chi connectivity index (χ4n) is 2.11. The van der Waals surface area contributed by atoms with E-state index < -0.39 is 5.60 Å². The van der Waals surface area contributed by atoms with Gasteiger partial charge in [0.05, 0.1) is 5.60 Å². The van der Waals surface area contributed by atoms with Crippen LogP contribution in [0, 0.1) is 5.92 Å². The topological polar surface area (TPSA) is 58.6 Å². The van der Waals surface area contributed by atoms with Crippen molar-refractivity contribution in [2.75, 3.05) is 13.2 Å². The molecule has 1 aliphatic rings. The molecule has 110 valence electrons. The van der Waals surface area contributed by atoms with Crippen LogP contribution in [0.2, 0.25) is 0 Å². The molecular formula is C16H23NO3. The summed E-state index contributed by atoms with van der Waals surface area (Å²) in [5.41, 5.74) is -0.0436. The second kappa shape index (κ2) is 6.27. The van der Waals surface area contributed by atoms with Gasteiger partial charge in [-0.05, 0) is 50.3 Å². The number of nitrogens with one attached hydrogen (secondary N) is 1. The molecule has 0 heterocycles. The Kier molecular flexibility index (Phi) is 4.65. The van der Waals surface area contributed by atoms with E-state index in [4.69, 9.17) is 4.74 Å². The van der Waals surface area contributed by atoms with Crippen LogP contribution in [-0.4, -0.2) is 24.2 Å². The molecule has 0 spiro atoms. The van der Waals surface area contributed by atoms with E-state index in [0.717, 1.165) is 12.1 Å². The van der Waals surface area contributed by atoms with Crippen LogP contribution in [-0.2, 0) is 10.4 Å². The summed E-state index contributed by atoms with van der Waals surface area (Å²) >= 11 is 0. The highest BCUT2D eigenvalue weighted by Crippen LogP contribution is 2.25. The fraction of sp³-hybridized carbons (Fsp3) is 0.562. The highest BCUT2D eigenvalue weighted by Gasteiger charge is 2.18. The SMILES string of the molecule is CC(C)(O)c1ccc(OCC(=O)NCC2CCC2)cc1. The van der Waals surface area contributed by atoms with E-state index in [1.54, 1.807) is 26.0 Å². The van der Waals surface area contributed by atoms with Gasteiger partial charge in [-0.25, -0.2) is 0 Å². The lowest BCUT2D eigenvalue weighted by molar-refractivity contribution is -0.123. The van der Waals surface area contributed by atoms with E-state index in [-0.39, 0.29) is 12.5 Å². The van der Waals surface area contributed by atoms with Crippen molar-refractivity contribution >= 4 is 5.91 Å². The average molecular weight is 277 g/mol. The van der Waals surface area contributed by atoms with Crippen molar-refractivity contribution in [2.24, 2.45) is 5.92 Å². The number of rotatable bonds is 6. The molecule has 0 unspecified atom stereocenters. The van der Waals surface area contributed by atoms with Gasteiger partial charge in [0.25, 0.3) is 5.91 Å². The first-order chi connectivity index (χ1) is 9.45. The number of benzene rings is 1. The summed E-state index contributed by atoms with van der Waals surface area (Å²) in [6.07, 6.45) is 3.73. The lowest BCUT2D eigenvalue weighted by atomic mass is 9.85. The summed E-state index contributed by atoms with van der Waals surface area (Å²) in [4.78, 5) is 11.6. The first-order valence-corrected chi connectivity index (χ1v) is 7.17. The molecule has 0 aromatic heterocycles. The molecular weight excluding hydrogens is 254 g/mol. The molecule has 20 heavy (non-hydrogen) atoms. The third-order valence-corrected chi connectivity index (χ3v) is 3.74. The molecule has 2 rings (SSSR count). The third-order valence-electron chi connectivity index (χ3n) is 3.74. The van der Waals surface area contributed by atoms with Crippen LogP contribution in [0.1, 0.15) is 38.7 Å². The molecule has 0 atom stereocenters. The number of hydrogen-bond donors (Lipinski definition) is 2. The Morgan fingerprint density at radius 1 is 1.35 bits per heavy atom. The number of aliphatic hydroxyl groups is 1. The molecule has 2 N–H and O–H groups in total. The van der Waals surface area contributed by atoms with E-state index in [1.165, 1.54) is 19.3 Å². The van der Waals surface area contributed by atoms with Crippen LogP contribution < -0.4 is 10.1 Å². The smallest absolute Gasteiger partial charge is 0.257 e. The summed E-state index contributed by atoms with van der Waals surface area (Å²) in [6, 6.07) is 7.15. The normalized spacial score (nSPS) is 15.6. The Morgan fingerprint density at radius 3 is 2.50 bits per heavy atom. The zero-order chi connectivity index (χ0) is 14.6. The number of ether oxygens (including phenoxy) is 1. The lowest BCUT2D eigenvalue weighted by Crippen LogP contribution is -2.35. The summed E-state index contributed by atoms with van der Waals surface area (Å²) in [7, 11) is 0. The first-order valence-electron chi connectivity index (χ1n) is 7.17. The highest BCUT2D eigenvalue weighted by molar-refractivity contribution is 5.77. The van der Waals surface area contributed by atoms with Crippen molar-refractivity contribution in [3.8, 4) is 5.75 Å². The Hall–Kier alpha value is -1.55. The second-order valence-corrected chi connectivity index (χ2v) is 5.97. The van der Waals surface area contributed by atoms with Gasteiger partial charge in [-0.1, -0.05) is 18.6 Å². The van der Waals surface area contributed by atoms with Gasteiger partial charge in [0.2, 0.25) is 0 Å². The molecule has 1 saturated carbocycles. The Bertz CT molecular complexity index is 444. The largest absolute Gasteiger partial charge is 0.484 e. The fourth-order valence-corrected chi connectivity index (χ4v) is 2.11. The minimum absolute atomic E-state index is 0.0363. The minimum atomic E-state index is -0.862. The third kappa shape index (κ3) is 4.23. The first kappa shape index (κ1) is 14.9. The maximum atomic E-state index is 11.6. The molecule has 0 aliphatic heterocycles. The van der Waals surface area contributed by atoms with Crippen LogP contribution in [0.3, 0.4) is 0 Å². The van der Waals surface area contributed by atoms with Gasteiger partial charge < -0.3 is 15.2 Å². The van der Waals surface area contributed by atoms with Gasteiger partial charge in [0, 0.05) is 6.54 Å². The Balaban J connectivity index is 1.74. The summed E-state index contributed by atoms with van der Waals surface area (Å²) < 4.78 is 5.43. The monoisotopic (exact) mass is 277 g/mol. The van der Waals surface area contributed by atoms with Gasteiger partial charge >= 0.3 is 0 Å². The number of hydrogen-bond acceptors (Lipinski definition) is 3. The zero-order valence-corrected chi connectivity index (χ0v) is 12.2. The van der Waals surface area contributed by atoms with Gasteiger partial charge in [0.15, 0.2) is 6.61 Å². The molecule has 4 heteroatoms. The van der Waals surface area contributed by atoms with E-state index in [2.05, 4.69) is 5.32 Å². The van der Waals surface area contributed by atoms with E-state index in [1.807, 2.05) is 12.1 Å². The number of carbonyl (C=O) groups is 1. The van der Waals surface area contributed by atoms with Gasteiger partial charge in [-0.15, -0.1) is 0 Å². The maximum Gasteiger partial charge on any atom is 0.257 e. The van der Waals surface area contributed by atoms with Crippen LogP contribution in [0.4, 0.5) is 0 Å². The Labute approximate surface area is 120 Å². The predicted molar refractivity (Wildman–Crippen MR) is 77.5 cm³/mol. The standard InChI is InChI=1S/C16H23NO3/c1-16(2,19)13-6-8-14(9-7-13)20-11-15(18)17-10-12-4-3-5-12/h6-9,12,19H,3-5,10-11H2,1-2H3,(H,17,18). The van der Waals surface area contributed by atoms with Crippen LogP contribution in [0.15, 0.2) is 24.3 Å². The van der Waals surface area contributed by atoms with E-state index in [9.17, 15) is 9.90 Å². The van der Waals surface area contributed by atoms with Crippen LogP contribution in [0.25, 0.3) is 0 Å². The molecule has 1 aromatic carbocycles. The second-order valence-electron chi connectivity index (χ2n) is 5.97. The van der Waals surface area contributed by atoms with E-state index >= 15 is 0 Å². The highest BCUT2D eigenvalue weighted by atomic mass is 16.5. The molecule has 1 fully saturated rings. The quantitative estimate of drug-likeness (QED) is 0.838. The van der Waals surface area contributed by atoms with Crippen LogP contribution in [0.5, 0.6) is 5.75 Å². The molecule has 4 nitrogen and oxygen atoms in total. The van der Waals surface area contributed by atoms with Crippen molar-refractivity contribution in [3.05, 3.63) is 29.8 Å².